The van der Waals surface area contributed by atoms with Crippen molar-refractivity contribution in [3.63, 3.8) is 0 Å². The first-order valence-electron chi connectivity index (χ1n) is 15.6. The number of ether oxygens (including phenoxy) is 2. The van der Waals surface area contributed by atoms with Gasteiger partial charge in [0.25, 0.3) is 17.4 Å². The van der Waals surface area contributed by atoms with Crippen LogP contribution >= 0.6 is 0 Å². The number of hydrogen-bond acceptors (Lipinski definition) is 7. The molecule has 0 aliphatic carbocycles. The zero-order valence-corrected chi connectivity index (χ0v) is 25.7. The molecule has 0 spiro atoms. The van der Waals surface area contributed by atoms with Crippen molar-refractivity contribution in [1.82, 2.24) is 14.8 Å². The number of likely N-dealkylation sites (tertiary alicyclic amines) is 1. The number of aromatic nitrogens is 1. The van der Waals surface area contributed by atoms with Gasteiger partial charge >= 0.3 is 6.09 Å². The zero-order chi connectivity index (χ0) is 31.5. The van der Waals surface area contributed by atoms with Gasteiger partial charge in [-0.3, -0.25) is 14.4 Å². The molecular weight excluding hydrogens is 574 g/mol. The number of methoxy groups -OCH3 is 1. The highest BCUT2D eigenvalue weighted by atomic mass is 16.6. The molecule has 3 aromatic rings. The van der Waals surface area contributed by atoms with Gasteiger partial charge in [0.05, 0.1) is 25.1 Å². The summed E-state index contributed by atoms with van der Waals surface area (Å²) in [4.78, 5) is 55.4. The first-order valence-corrected chi connectivity index (χ1v) is 15.6. The summed E-state index contributed by atoms with van der Waals surface area (Å²) >= 11 is 0. The summed E-state index contributed by atoms with van der Waals surface area (Å²) in [5.74, 6) is 0.583. The molecule has 11 nitrogen and oxygen atoms in total. The second-order valence-electron chi connectivity index (χ2n) is 12.0. The molecule has 1 aromatic heterocycles. The number of carbonyl (C=O) groups is 3. The summed E-state index contributed by atoms with van der Waals surface area (Å²) in [5.41, 5.74) is 3.35. The molecule has 2 bridgehead atoms. The van der Waals surface area contributed by atoms with E-state index in [2.05, 4.69) is 15.5 Å². The lowest BCUT2D eigenvalue weighted by Crippen LogP contribution is -2.47. The number of pyridine rings is 1. The van der Waals surface area contributed by atoms with Crippen LogP contribution in [0.2, 0.25) is 0 Å². The maximum Gasteiger partial charge on any atom is 0.409 e. The van der Waals surface area contributed by atoms with Crippen LogP contribution in [-0.2, 0) is 11.3 Å². The number of nitrogens with one attached hydrogen (secondary N) is 2. The van der Waals surface area contributed by atoms with Crippen LogP contribution in [0.3, 0.4) is 0 Å². The Kier molecular flexibility index (Phi) is 8.77. The minimum absolute atomic E-state index is 0.0324. The largest absolute Gasteiger partial charge is 0.497 e. The topological polar surface area (TPSA) is 122 Å². The quantitative estimate of drug-likeness (QED) is 0.412. The highest BCUT2D eigenvalue weighted by molar-refractivity contribution is 6.07. The van der Waals surface area contributed by atoms with Crippen LogP contribution in [0.25, 0.3) is 0 Å². The normalized spacial score (nSPS) is 19.3. The van der Waals surface area contributed by atoms with Gasteiger partial charge in [-0.05, 0) is 80.6 Å². The number of piperidine rings is 2. The summed E-state index contributed by atoms with van der Waals surface area (Å²) in [6.45, 7) is 5.21. The highest BCUT2D eigenvalue weighted by Gasteiger charge is 2.35. The van der Waals surface area contributed by atoms with Crippen molar-refractivity contribution in [1.29, 1.82) is 0 Å². The average Bonchev–Trinajstić information content (AvgIpc) is 3.05. The summed E-state index contributed by atoms with van der Waals surface area (Å²) in [6.07, 6.45) is 1.94. The number of amides is 3. The Morgan fingerprint density at radius 2 is 1.67 bits per heavy atom. The predicted octanol–water partition coefficient (Wildman–Crippen LogP) is 4.08. The van der Waals surface area contributed by atoms with Crippen molar-refractivity contribution >= 4 is 29.3 Å². The van der Waals surface area contributed by atoms with E-state index in [0.29, 0.717) is 68.2 Å². The van der Waals surface area contributed by atoms with Gasteiger partial charge in [-0.25, -0.2) is 4.79 Å². The summed E-state index contributed by atoms with van der Waals surface area (Å²) < 4.78 is 12.2. The number of rotatable bonds is 7. The van der Waals surface area contributed by atoms with E-state index in [1.54, 1.807) is 61.4 Å². The van der Waals surface area contributed by atoms with Crippen molar-refractivity contribution < 1.29 is 23.9 Å². The maximum absolute atomic E-state index is 13.4. The fourth-order valence-corrected chi connectivity index (χ4v) is 6.77. The van der Waals surface area contributed by atoms with E-state index in [4.69, 9.17) is 9.47 Å². The molecule has 3 aliphatic heterocycles. The van der Waals surface area contributed by atoms with E-state index in [0.717, 1.165) is 24.3 Å². The van der Waals surface area contributed by atoms with Crippen molar-refractivity contribution in [2.24, 2.45) is 5.92 Å². The fourth-order valence-electron chi connectivity index (χ4n) is 6.77. The van der Waals surface area contributed by atoms with E-state index in [9.17, 15) is 19.2 Å². The van der Waals surface area contributed by atoms with E-state index in [1.807, 2.05) is 22.8 Å². The number of benzene rings is 2. The third-order valence-electron chi connectivity index (χ3n) is 9.04. The maximum atomic E-state index is 13.4. The van der Waals surface area contributed by atoms with Crippen LogP contribution in [0.1, 0.15) is 58.5 Å². The number of nitrogens with zero attached hydrogens (tertiary/aromatic N) is 3. The van der Waals surface area contributed by atoms with Crippen LogP contribution in [0.15, 0.2) is 65.5 Å². The van der Waals surface area contributed by atoms with Crippen LogP contribution in [0.4, 0.5) is 16.2 Å². The minimum atomic E-state index is -0.326. The van der Waals surface area contributed by atoms with Gasteiger partial charge in [0.15, 0.2) is 0 Å². The average molecular weight is 614 g/mol. The molecule has 2 atom stereocenters. The van der Waals surface area contributed by atoms with Gasteiger partial charge in [0, 0.05) is 67.6 Å². The smallest absolute Gasteiger partial charge is 0.409 e. The highest BCUT2D eigenvalue weighted by Crippen LogP contribution is 2.39. The predicted molar refractivity (Wildman–Crippen MR) is 170 cm³/mol. The van der Waals surface area contributed by atoms with E-state index >= 15 is 0 Å². The lowest BCUT2D eigenvalue weighted by atomic mass is 9.83. The zero-order valence-electron chi connectivity index (χ0n) is 25.7. The molecule has 4 heterocycles. The Bertz CT molecular complexity index is 1630. The Balaban J connectivity index is 1.23. The summed E-state index contributed by atoms with van der Waals surface area (Å²) in [6, 6.07) is 17.7. The van der Waals surface area contributed by atoms with Crippen LogP contribution < -0.4 is 25.8 Å². The lowest BCUT2D eigenvalue weighted by Gasteiger charge is -2.44. The number of hydrogen-bond donors (Lipinski definition) is 2. The van der Waals surface area contributed by atoms with Crippen molar-refractivity contribution in [2.75, 3.05) is 50.1 Å². The van der Waals surface area contributed by atoms with E-state index in [1.165, 1.54) is 0 Å². The second kappa shape index (κ2) is 13.1. The van der Waals surface area contributed by atoms with Crippen LogP contribution in [0, 0.1) is 5.92 Å². The Hall–Kier alpha value is -4.80. The number of anilines is 2. The van der Waals surface area contributed by atoms with Gasteiger partial charge in [0.2, 0.25) is 0 Å². The van der Waals surface area contributed by atoms with Crippen molar-refractivity contribution in [3.05, 3.63) is 87.8 Å². The molecule has 2 aromatic carbocycles. The molecule has 236 valence electrons. The van der Waals surface area contributed by atoms with Crippen molar-refractivity contribution in [3.8, 4) is 5.75 Å². The third kappa shape index (κ3) is 6.52. The minimum Gasteiger partial charge on any atom is -0.497 e. The molecule has 3 amide bonds. The molecule has 2 saturated heterocycles. The van der Waals surface area contributed by atoms with E-state index in [-0.39, 0.29) is 41.3 Å². The third-order valence-corrected chi connectivity index (χ3v) is 9.04. The fraction of sp³-hybridized carbons (Fsp3) is 0.412. The lowest BCUT2D eigenvalue weighted by molar-refractivity contribution is 0.0859. The molecule has 0 saturated carbocycles. The molecule has 2 N–H and O–H groups in total. The van der Waals surface area contributed by atoms with Gasteiger partial charge < -0.3 is 34.5 Å². The first-order chi connectivity index (χ1) is 21.8. The molecule has 0 unspecified atom stereocenters. The Morgan fingerprint density at radius 1 is 0.911 bits per heavy atom. The molecule has 3 aliphatic rings. The summed E-state index contributed by atoms with van der Waals surface area (Å²) in [5, 5.41) is 6.18. The summed E-state index contributed by atoms with van der Waals surface area (Å²) in [7, 11) is 1.57. The standard InChI is InChI=1S/C34H39N5O6/c1-3-45-34(43)37-15-13-26(14-16-37)35-33(42)24-9-12-30(28(18-24)36-32(41)23-7-10-27(44-2)11-8-23)38-19-22-17-25(21-38)29-5-4-6-31(40)39(29)20-22/h4-12,18,22,25-26H,3,13-17,19-21H2,1-2H3,(H,35,42)(H,36,41)/t22-,25+/m1/s1. The van der Waals surface area contributed by atoms with Crippen molar-refractivity contribution in [2.45, 2.75) is 44.7 Å². The molecule has 45 heavy (non-hydrogen) atoms. The first kappa shape index (κ1) is 30.2. The Labute approximate surface area is 262 Å². The van der Waals surface area contributed by atoms with Crippen LogP contribution in [-0.4, -0.2) is 73.3 Å². The van der Waals surface area contributed by atoms with Crippen LogP contribution in [0.5, 0.6) is 5.75 Å². The molecular formula is C34H39N5O6. The molecule has 2 fully saturated rings. The van der Waals surface area contributed by atoms with Gasteiger partial charge in [0.1, 0.15) is 5.75 Å². The van der Waals surface area contributed by atoms with Gasteiger partial charge in [-0.1, -0.05) is 6.07 Å². The SMILES string of the molecule is CCOC(=O)N1CCC(NC(=O)c2ccc(N3C[C@H]4C[C@@H](C3)c3cccc(=O)n3C4)c(NC(=O)c3ccc(OC)cc3)c2)CC1. The van der Waals surface area contributed by atoms with E-state index < -0.39 is 0 Å². The monoisotopic (exact) mass is 613 g/mol. The van der Waals surface area contributed by atoms with Gasteiger partial charge in [-0.2, -0.15) is 0 Å². The number of carbonyl (C=O) groups excluding carboxylic acids is 3. The second-order valence-corrected chi connectivity index (χ2v) is 12.0. The molecule has 0 radical (unpaired) electrons. The molecule has 11 heteroatoms. The molecule has 6 rings (SSSR count). The Morgan fingerprint density at radius 3 is 2.40 bits per heavy atom. The number of fused-ring (bicyclic) bond motifs is 4. The van der Waals surface area contributed by atoms with Gasteiger partial charge in [-0.15, -0.1) is 0 Å².